The zero-order valence-electron chi connectivity index (χ0n) is 22.1. The number of hydrogen-bond acceptors (Lipinski definition) is 7. The SMILES string of the molecule is CN=C(NS(=O)(=O)c1ccc(Cl)c(C(F)(F)F)c1)N1CC(O)(c2ccccc2)C(c2ccc(NC(=O)CC(=O)O)cc2)=N1. The Hall–Kier alpha value is -4.47. The zero-order chi connectivity index (χ0) is 31.6. The largest absolute Gasteiger partial charge is 0.481 e. The van der Waals surface area contributed by atoms with E-state index in [1.165, 1.54) is 31.3 Å². The van der Waals surface area contributed by atoms with Crippen molar-refractivity contribution in [1.29, 1.82) is 0 Å². The lowest BCUT2D eigenvalue weighted by Gasteiger charge is -2.26. The average Bonchev–Trinajstić information content (AvgIpc) is 3.30. The van der Waals surface area contributed by atoms with Crippen LogP contribution in [0.5, 0.6) is 0 Å². The summed E-state index contributed by atoms with van der Waals surface area (Å²) in [6.45, 7) is -0.340. The summed E-state index contributed by atoms with van der Waals surface area (Å²) in [5, 5.41) is 27.9. The van der Waals surface area contributed by atoms with E-state index in [0.29, 0.717) is 17.2 Å². The Morgan fingerprint density at radius 1 is 1.09 bits per heavy atom. The minimum atomic E-state index is -4.90. The molecule has 0 radical (unpaired) electrons. The van der Waals surface area contributed by atoms with E-state index in [4.69, 9.17) is 16.7 Å². The standard InChI is InChI=1S/C27H23ClF3N5O6S/c1-32-25(35-43(41,42)19-11-12-21(28)20(13-19)27(29,30)31)36-15-26(40,17-5-3-2-4-6-17)24(34-36)16-7-9-18(10-8-16)33-22(37)14-23(38)39/h2-13,40H,14-15H2,1H3,(H,32,35)(H,33,37)(H,38,39). The number of β-amino-alcohol motifs (C(OH)–C–C–N with tert-alkyl or cyclic N) is 1. The van der Waals surface area contributed by atoms with Gasteiger partial charge in [-0.3, -0.25) is 14.6 Å². The summed E-state index contributed by atoms with van der Waals surface area (Å²) in [6, 6.07) is 16.4. The van der Waals surface area contributed by atoms with Gasteiger partial charge < -0.3 is 15.5 Å². The van der Waals surface area contributed by atoms with Gasteiger partial charge in [0.15, 0.2) is 5.60 Å². The van der Waals surface area contributed by atoms with Crippen LogP contribution in [0.4, 0.5) is 18.9 Å². The van der Waals surface area contributed by atoms with Crippen molar-refractivity contribution in [3.8, 4) is 0 Å². The molecule has 1 heterocycles. The molecule has 0 fully saturated rings. The minimum absolute atomic E-state index is 0.0633. The number of alkyl halides is 3. The van der Waals surface area contributed by atoms with Crippen molar-refractivity contribution in [3.63, 3.8) is 0 Å². The summed E-state index contributed by atoms with van der Waals surface area (Å²) >= 11 is 5.63. The van der Waals surface area contributed by atoms with Crippen LogP contribution in [0.3, 0.4) is 0 Å². The van der Waals surface area contributed by atoms with E-state index in [9.17, 15) is 36.3 Å². The van der Waals surface area contributed by atoms with Gasteiger partial charge in [0, 0.05) is 18.3 Å². The van der Waals surface area contributed by atoms with Gasteiger partial charge in [-0.25, -0.2) is 18.1 Å². The first-order valence-electron chi connectivity index (χ1n) is 12.3. The van der Waals surface area contributed by atoms with Crippen molar-refractivity contribution in [3.05, 3.63) is 94.5 Å². The van der Waals surface area contributed by atoms with Crippen LogP contribution in [0.15, 0.2) is 87.8 Å². The highest BCUT2D eigenvalue weighted by Gasteiger charge is 2.45. The van der Waals surface area contributed by atoms with Gasteiger partial charge in [-0.05, 0) is 35.9 Å². The molecule has 0 bridgehead atoms. The molecule has 1 aliphatic heterocycles. The molecule has 43 heavy (non-hydrogen) atoms. The average molecular weight is 638 g/mol. The van der Waals surface area contributed by atoms with Crippen LogP contribution in [0.2, 0.25) is 5.02 Å². The maximum Gasteiger partial charge on any atom is 0.417 e. The second kappa shape index (κ2) is 12.0. The van der Waals surface area contributed by atoms with Gasteiger partial charge in [0.2, 0.25) is 11.9 Å². The van der Waals surface area contributed by atoms with Gasteiger partial charge in [-0.2, -0.15) is 18.3 Å². The number of benzene rings is 3. The first-order chi connectivity index (χ1) is 20.1. The van der Waals surface area contributed by atoms with Gasteiger partial charge >= 0.3 is 12.1 Å². The lowest BCUT2D eigenvalue weighted by Crippen LogP contribution is -2.45. The van der Waals surface area contributed by atoms with E-state index in [-0.39, 0.29) is 17.9 Å². The van der Waals surface area contributed by atoms with Crippen molar-refractivity contribution >= 4 is 50.9 Å². The number of guanidine groups is 1. The lowest BCUT2D eigenvalue weighted by molar-refractivity contribution is -0.140. The summed E-state index contributed by atoms with van der Waals surface area (Å²) in [5.74, 6) is -2.45. The number of anilines is 1. The highest BCUT2D eigenvalue weighted by Crippen LogP contribution is 2.36. The third-order valence-electron chi connectivity index (χ3n) is 6.23. The van der Waals surface area contributed by atoms with Gasteiger partial charge in [-0.15, -0.1) is 0 Å². The molecule has 0 aromatic heterocycles. The van der Waals surface area contributed by atoms with Crippen LogP contribution in [-0.2, 0) is 31.4 Å². The topological polar surface area (TPSA) is 161 Å². The predicted octanol–water partition coefficient (Wildman–Crippen LogP) is 3.64. The molecule has 1 atom stereocenters. The molecule has 1 amide bonds. The Morgan fingerprint density at radius 2 is 1.74 bits per heavy atom. The highest BCUT2D eigenvalue weighted by atomic mass is 35.5. The molecule has 3 aromatic rings. The zero-order valence-corrected chi connectivity index (χ0v) is 23.7. The Balaban J connectivity index is 1.68. The van der Waals surface area contributed by atoms with E-state index in [1.807, 2.05) is 0 Å². The smallest absolute Gasteiger partial charge is 0.417 e. The number of hydrogen-bond donors (Lipinski definition) is 4. The Labute approximate surface area is 248 Å². The molecule has 0 saturated carbocycles. The second-order valence-electron chi connectivity index (χ2n) is 9.22. The molecular weight excluding hydrogens is 615 g/mol. The van der Waals surface area contributed by atoms with Crippen LogP contribution in [-0.4, -0.2) is 60.8 Å². The van der Waals surface area contributed by atoms with E-state index >= 15 is 0 Å². The molecule has 0 aliphatic carbocycles. The summed E-state index contributed by atoms with van der Waals surface area (Å²) in [6.07, 6.45) is -5.64. The molecular formula is C27H23ClF3N5O6S. The van der Waals surface area contributed by atoms with Crippen molar-refractivity contribution < 1.29 is 41.4 Å². The number of sulfonamides is 1. The maximum absolute atomic E-state index is 13.4. The van der Waals surface area contributed by atoms with Crippen LogP contribution in [0.1, 0.15) is 23.1 Å². The number of rotatable bonds is 7. The highest BCUT2D eigenvalue weighted by molar-refractivity contribution is 7.90. The number of nitrogens with one attached hydrogen (secondary N) is 2. The van der Waals surface area contributed by atoms with Crippen molar-refractivity contribution in [2.45, 2.75) is 23.1 Å². The molecule has 16 heteroatoms. The molecule has 1 unspecified atom stereocenters. The molecule has 0 saturated heterocycles. The summed E-state index contributed by atoms with van der Waals surface area (Å²) in [7, 11) is -3.41. The first-order valence-corrected chi connectivity index (χ1v) is 14.1. The summed E-state index contributed by atoms with van der Waals surface area (Å²) in [4.78, 5) is 25.8. The van der Waals surface area contributed by atoms with Crippen molar-refractivity contribution in [1.82, 2.24) is 9.73 Å². The van der Waals surface area contributed by atoms with Gasteiger partial charge in [0.1, 0.15) is 12.1 Å². The fourth-order valence-electron chi connectivity index (χ4n) is 4.23. The quantitative estimate of drug-likeness (QED) is 0.175. The summed E-state index contributed by atoms with van der Waals surface area (Å²) < 4.78 is 68.4. The number of amides is 1. The number of aliphatic carboxylic acids is 1. The summed E-state index contributed by atoms with van der Waals surface area (Å²) in [5.41, 5.74) is -2.07. The first kappa shape index (κ1) is 31.5. The van der Waals surface area contributed by atoms with Crippen molar-refractivity contribution in [2.24, 2.45) is 10.1 Å². The number of carboxylic acids is 1. The predicted molar refractivity (Wildman–Crippen MR) is 151 cm³/mol. The maximum atomic E-state index is 13.4. The molecule has 1 aliphatic rings. The number of carbonyl (C=O) groups is 2. The number of halogens is 4. The molecule has 226 valence electrons. The third-order valence-corrected chi connectivity index (χ3v) is 7.89. The monoisotopic (exact) mass is 637 g/mol. The minimum Gasteiger partial charge on any atom is -0.481 e. The van der Waals surface area contributed by atoms with E-state index in [1.54, 1.807) is 30.3 Å². The molecule has 11 nitrogen and oxygen atoms in total. The fourth-order valence-corrected chi connectivity index (χ4v) is 5.53. The molecule has 4 N–H and O–H groups in total. The Morgan fingerprint density at radius 3 is 2.33 bits per heavy atom. The third kappa shape index (κ3) is 6.96. The number of carboxylic acid groups (broad SMARTS) is 1. The second-order valence-corrected chi connectivity index (χ2v) is 11.3. The van der Waals surface area contributed by atoms with Crippen LogP contribution < -0.4 is 10.0 Å². The normalized spacial score (nSPS) is 17.4. The number of nitrogens with zero attached hydrogens (tertiary/aromatic N) is 3. The number of aliphatic imine (C=N–C) groups is 1. The molecule has 0 spiro atoms. The molecule has 4 rings (SSSR count). The van der Waals surface area contributed by atoms with Crippen molar-refractivity contribution in [2.75, 3.05) is 18.9 Å². The Kier molecular flexibility index (Phi) is 8.80. The van der Waals surface area contributed by atoms with E-state index < -0.39 is 61.5 Å². The van der Waals surface area contributed by atoms with E-state index in [2.05, 4.69) is 20.1 Å². The van der Waals surface area contributed by atoms with E-state index in [0.717, 1.165) is 17.1 Å². The Bertz CT molecular complexity index is 1720. The van der Waals surface area contributed by atoms with Crippen LogP contribution >= 0.6 is 11.6 Å². The number of hydrazone groups is 1. The van der Waals surface area contributed by atoms with Gasteiger partial charge in [-0.1, -0.05) is 54.1 Å². The van der Waals surface area contributed by atoms with Crippen LogP contribution in [0.25, 0.3) is 0 Å². The molecule has 3 aromatic carbocycles. The van der Waals surface area contributed by atoms with Crippen LogP contribution in [0, 0.1) is 0 Å². The number of carbonyl (C=O) groups excluding carboxylic acids is 1. The van der Waals surface area contributed by atoms with Gasteiger partial charge in [0.25, 0.3) is 10.0 Å². The fraction of sp³-hybridized carbons (Fsp3) is 0.185. The lowest BCUT2D eigenvalue weighted by atomic mass is 9.86. The van der Waals surface area contributed by atoms with Gasteiger partial charge in [0.05, 0.1) is 22.0 Å². The number of aliphatic hydroxyl groups is 1.